The summed E-state index contributed by atoms with van der Waals surface area (Å²) in [5, 5.41) is 11.8. The van der Waals surface area contributed by atoms with Gasteiger partial charge in [-0.25, -0.2) is 0 Å². The number of hydrogen-bond acceptors (Lipinski definition) is 4. The molecule has 0 amide bonds. The molecule has 4 heteroatoms. The Kier molecular flexibility index (Phi) is 5.92. The van der Waals surface area contributed by atoms with Gasteiger partial charge in [0.1, 0.15) is 0 Å². The van der Waals surface area contributed by atoms with Gasteiger partial charge in [-0.3, -0.25) is 4.98 Å². The van der Waals surface area contributed by atoms with E-state index in [2.05, 4.69) is 17.2 Å². The Morgan fingerprint density at radius 3 is 3.07 bits per heavy atom. The number of nitrogens with one attached hydrogen (secondary N) is 1. The van der Waals surface area contributed by atoms with Crippen molar-refractivity contribution >= 4 is 0 Å². The smallest absolute Gasteiger partial charge is 0.0698 e. The molecular weight excluding hydrogens is 192 g/mol. The number of nitrogens with zero attached hydrogens (tertiary/aromatic N) is 1. The third-order valence-corrected chi connectivity index (χ3v) is 2.12. The zero-order chi connectivity index (χ0) is 10.9. The zero-order valence-electron chi connectivity index (χ0n) is 9.02. The Bertz CT molecular complexity index is 254. The van der Waals surface area contributed by atoms with Gasteiger partial charge in [-0.2, -0.15) is 0 Å². The predicted octanol–water partition coefficient (Wildman–Crippen LogP) is 0.741. The lowest BCUT2D eigenvalue weighted by molar-refractivity contribution is 0.0928. The molecule has 4 nitrogen and oxygen atoms in total. The van der Waals surface area contributed by atoms with Gasteiger partial charge in [0.05, 0.1) is 19.8 Å². The summed E-state index contributed by atoms with van der Waals surface area (Å²) in [6, 6.07) is 4.24. The number of aliphatic hydroxyl groups excluding tert-OH is 1. The molecule has 0 unspecified atom stereocenters. The predicted molar refractivity (Wildman–Crippen MR) is 58.6 cm³/mol. The summed E-state index contributed by atoms with van der Waals surface area (Å²) >= 11 is 0. The van der Waals surface area contributed by atoms with Crippen molar-refractivity contribution in [2.75, 3.05) is 26.4 Å². The molecule has 0 fully saturated rings. The van der Waals surface area contributed by atoms with Gasteiger partial charge in [-0.15, -0.1) is 0 Å². The van der Waals surface area contributed by atoms with Crippen LogP contribution in [0, 0.1) is 0 Å². The minimum atomic E-state index is 0.0815. The molecule has 84 valence electrons. The van der Waals surface area contributed by atoms with Crippen LogP contribution < -0.4 is 5.32 Å². The van der Waals surface area contributed by atoms with E-state index in [1.165, 1.54) is 5.56 Å². The molecule has 15 heavy (non-hydrogen) atoms. The largest absolute Gasteiger partial charge is 0.394 e. The Morgan fingerprint density at radius 1 is 1.53 bits per heavy atom. The molecule has 1 aromatic rings. The summed E-state index contributed by atoms with van der Waals surface area (Å²) in [5.74, 6) is 0. The first-order chi connectivity index (χ1) is 7.34. The third kappa shape index (κ3) is 4.88. The molecule has 1 rings (SSSR count). The first-order valence-electron chi connectivity index (χ1n) is 5.16. The highest BCUT2D eigenvalue weighted by Gasteiger charge is 2.02. The van der Waals surface area contributed by atoms with Crippen molar-refractivity contribution < 1.29 is 9.84 Å². The Balaban J connectivity index is 2.16. The number of hydrogen-bond donors (Lipinski definition) is 2. The first-order valence-corrected chi connectivity index (χ1v) is 5.16. The fraction of sp³-hybridized carbons (Fsp3) is 0.545. The second-order valence-electron chi connectivity index (χ2n) is 3.30. The molecule has 2 N–H and O–H groups in total. The Hall–Kier alpha value is -0.970. The van der Waals surface area contributed by atoms with E-state index in [1.807, 2.05) is 18.3 Å². The summed E-state index contributed by atoms with van der Waals surface area (Å²) in [6.45, 7) is 3.96. The van der Waals surface area contributed by atoms with E-state index in [0.717, 1.165) is 6.54 Å². The molecule has 0 saturated heterocycles. The van der Waals surface area contributed by atoms with Crippen molar-refractivity contribution in [3.8, 4) is 0 Å². The molecule has 0 radical (unpaired) electrons. The van der Waals surface area contributed by atoms with Crippen LogP contribution in [0.1, 0.15) is 18.5 Å². The molecule has 0 saturated carbocycles. The van der Waals surface area contributed by atoms with Gasteiger partial charge in [0.2, 0.25) is 0 Å². The maximum absolute atomic E-state index is 8.50. The topological polar surface area (TPSA) is 54.4 Å². The Morgan fingerprint density at radius 2 is 2.40 bits per heavy atom. The summed E-state index contributed by atoms with van der Waals surface area (Å²) in [6.07, 6.45) is 3.62. The highest BCUT2D eigenvalue weighted by atomic mass is 16.5. The highest BCUT2D eigenvalue weighted by molar-refractivity contribution is 5.12. The molecule has 0 aromatic carbocycles. The van der Waals surface area contributed by atoms with Crippen LogP contribution in [0.2, 0.25) is 0 Å². The summed E-state index contributed by atoms with van der Waals surface area (Å²) in [5.41, 5.74) is 1.17. The summed E-state index contributed by atoms with van der Waals surface area (Å²) in [4.78, 5) is 4.06. The van der Waals surface area contributed by atoms with Gasteiger partial charge >= 0.3 is 0 Å². The number of aliphatic hydroxyl groups is 1. The molecule has 0 aliphatic rings. The third-order valence-electron chi connectivity index (χ3n) is 2.12. The van der Waals surface area contributed by atoms with E-state index in [4.69, 9.17) is 9.84 Å². The van der Waals surface area contributed by atoms with E-state index in [1.54, 1.807) is 6.20 Å². The number of ether oxygens (including phenoxy) is 1. The molecule has 1 heterocycles. The molecule has 0 aliphatic heterocycles. The fourth-order valence-electron chi connectivity index (χ4n) is 1.26. The van der Waals surface area contributed by atoms with Gasteiger partial charge < -0.3 is 15.2 Å². The average Bonchev–Trinajstić information content (AvgIpc) is 2.30. The second kappa shape index (κ2) is 7.34. The fourth-order valence-corrected chi connectivity index (χ4v) is 1.26. The van der Waals surface area contributed by atoms with Gasteiger partial charge in [0.15, 0.2) is 0 Å². The Labute approximate surface area is 90.3 Å². The summed E-state index contributed by atoms with van der Waals surface area (Å²) < 4.78 is 5.14. The van der Waals surface area contributed by atoms with E-state index in [-0.39, 0.29) is 12.6 Å². The summed E-state index contributed by atoms with van der Waals surface area (Å²) in [7, 11) is 0. The second-order valence-corrected chi connectivity index (χ2v) is 3.30. The lowest BCUT2D eigenvalue weighted by atomic mass is 10.1. The van der Waals surface area contributed by atoms with Crippen molar-refractivity contribution in [1.82, 2.24) is 10.3 Å². The van der Waals surface area contributed by atoms with Crippen LogP contribution in [0.3, 0.4) is 0 Å². The molecule has 1 aromatic heterocycles. The minimum Gasteiger partial charge on any atom is -0.394 e. The molecule has 0 bridgehead atoms. The molecule has 0 aliphatic carbocycles. The van der Waals surface area contributed by atoms with Crippen LogP contribution in [-0.4, -0.2) is 36.5 Å². The van der Waals surface area contributed by atoms with Crippen LogP contribution in [-0.2, 0) is 4.74 Å². The maximum atomic E-state index is 8.50. The van der Waals surface area contributed by atoms with Crippen molar-refractivity contribution in [2.24, 2.45) is 0 Å². The van der Waals surface area contributed by atoms with Crippen molar-refractivity contribution in [3.05, 3.63) is 30.1 Å². The maximum Gasteiger partial charge on any atom is 0.0698 e. The first kappa shape index (κ1) is 12.1. The van der Waals surface area contributed by atoms with Gasteiger partial charge in [-0.1, -0.05) is 6.07 Å². The van der Waals surface area contributed by atoms with E-state index >= 15 is 0 Å². The number of pyridine rings is 1. The lowest BCUT2D eigenvalue weighted by Gasteiger charge is -2.13. The van der Waals surface area contributed by atoms with E-state index in [9.17, 15) is 0 Å². The monoisotopic (exact) mass is 210 g/mol. The van der Waals surface area contributed by atoms with Crippen LogP contribution in [0.25, 0.3) is 0 Å². The van der Waals surface area contributed by atoms with Crippen LogP contribution in [0.5, 0.6) is 0 Å². The normalized spacial score (nSPS) is 12.7. The van der Waals surface area contributed by atoms with Gasteiger partial charge in [0.25, 0.3) is 0 Å². The van der Waals surface area contributed by atoms with Crippen molar-refractivity contribution in [3.63, 3.8) is 0 Å². The van der Waals surface area contributed by atoms with Crippen LogP contribution in [0.4, 0.5) is 0 Å². The molecule has 0 spiro atoms. The number of rotatable bonds is 7. The molecular formula is C11H18N2O2. The molecule has 1 atom stereocenters. The standard InChI is InChI=1S/C11H18N2O2/c1-10(11-3-2-4-12-9-11)13-5-7-15-8-6-14/h2-4,9-10,13-14H,5-8H2,1H3/t10-/m1/s1. The highest BCUT2D eigenvalue weighted by Crippen LogP contribution is 2.08. The minimum absolute atomic E-state index is 0.0815. The quantitative estimate of drug-likeness (QED) is 0.652. The van der Waals surface area contributed by atoms with E-state index < -0.39 is 0 Å². The van der Waals surface area contributed by atoms with Crippen LogP contribution >= 0.6 is 0 Å². The van der Waals surface area contributed by atoms with Crippen molar-refractivity contribution in [1.29, 1.82) is 0 Å². The van der Waals surface area contributed by atoms with Crippen molar-refractivity contribution in [2.45, 2.75) is 13.0 Å². The van der Waals surface area contributed by atoms with Gasteiger partial charge in [0, 0.05) is 25.0 Å². The van der Waals surface area contributed by atoms with E-state index in [0.29, 0.717) is 13.2 Å². The lowest BCUT2D eigenvalue weighted by Crippen LogP contribution is -2.23. The average molecular weight is 210 g/mol. The zero-order valence-corrected chi connectivity index (χ0v) is 9.02. The SMILES string of the molecule is C[C@@H](NCCOCCO)c1cccnc1. The van der Waals surface area contributed by atoms with Gasteiger partial charge in [-0.05, 0) is 18.6 Å². The number of aromatic nitrogens is 1. The van der Waals surface area contributed by atoms with Crippen LogP contribution in [0.15, 0.2) is 24.5 Å².